The van der Waals surface area contributed by atoms with Crippen LogP contribution in [-0.4, -0.2) is 0 Å². The van der Waals surface area contributed by atoms with Crippen LogP contribution in [0.5, 0.6) is 0 Å². The number of nitrogens with two attached hydrogens (primary N) is 1. The highest BCUT2D eigenvalue weighted by Gasteiger charge is 2.10. The summed E-state index contributed by atoms with van der Waals surface area (Å²) < 4.78 is 25.1. The van der Waals surface area contributed by atoms with Crippen molar-refractivity contribution in [3.63, 3.8) is 0 Å². The minimum absolute atomic E-state index is 0.0476. The molecule has 11 heavy (non-hydrogen) atoms. The molecule has 0 aliphatic rings. The molecule has 0 bridgehead atoms. The third-order valence-electron chi connectivity index (χ3n) is 1.19. The molecule has 0 saturated carbocycles. The van der Waals surface area contributed by atoms with Crippen LogP contribution in [-0.2, 0) is 0 Å². The second-order valence-electron chi connectivity index (χ2n) is 1.86. The molecule has 0 heterocycles. The van der Waals surface area contributed by atoms with Gasteiger partial charge in [0.15, 0.2) is 11.6 Å². The molecule has 0 unspecified atom stereocenters. The van der Waals surface area contributed by atoms with Gasteiger partial charge in [0.2, 0.25) is 0 Å². The van der Waals surface area contributed by atoms with E-state index in [9.17, 15) is 8.78 Å². The molecule has 1 aromatic rings. The van der Waals surface area contributed by atoms with Gasteiger partial charge in [0.1, 0.15) is 5.69 Å². The van der Waals surface area contributed by atoms with E-state index < -0.39 is 11.6 Å². The maximum Gasteiger partial charge on any atom is 0.184 e. The van der Waals surface area contributed by atoms with Crippen LogP contribution >= 0.6 is 11.6 Å². The molecular formula is C6H5ClF2N2. The van der Waals surface area contributed by atoms with Crippen LogP contribution in [0.15, 0.2) is 12.1 Å². The highest BCUT2D eigenvalue weighted by Crippen LogP contribution is 2.25. The summed E-state index contributed by atoms with van der Waals surface area (Å²) in [5.74, 6) is 2.83. The number of anilines is 1. The summed E-state index contributed by atoms with van der Waals surface area (Å²) in [4.78, 5) is 0. The standard InChI is InChI=1S/C6H5ClF2N2/c7-3-1-2-4(8)5(9)6(3)11-10/h1-2,11H,10H2. The summed E-state index contributed by atoms with van der Waals surface area (Å²) in [6.07, 6.45) is 0. The molecule has 5 heteroatoms. The number of hydrogen-bond acceptors (Lipinski definition) is 2. The quantitative estimate of drug-likeness (QED) is 0.392. The Labute approximate surface area is 66.9 Å². The first kappa shape index (κ1) is 8.23. The van der Waals surface area contributed by atoms with Crippen molar-refractivity contribution in [3.8, 4) is 0 Å². The molecule has 3 N–H and O–H groups in total. The summed E-state index contributed by atoms with van der Waals surface area (Å²) in [6, 6.07) is 2.15. The molecular weight excluding hydrogens is 174 g/mol. The van der Waals surface area contributed by atoms with E-state index in [1.807, 2.05) is 5.43 Å². The summed E-state index contributed by atoms with van der Waals surface area (Å²) in [5.41, 5.74) is 1.73. The van der Waals surface area contributed by atoms with Crippen LogP contribution in [0, 0.1) is 11.6 Å². The van der Waals surface area contributed by atoms with E-state index in [4.69, 9.17) is 17.4 Å². The van der Waals surface area contributed by atoms with E-state index >= 15 is 0 Å². The van der Waals surface area contributed by atoms with Crippen molar-refractivity contribution in [1.82, 2.24) is 0 Å². The summed E-state index contributed by atoms with van der Waals surface area (Å²) >= 11 is 5.45. The number of hydrazine groups is 1. The molecule has 0 amide bonds. The van der Waals surface area contributed by atoms with Crippen molar-refractivity contribution in [1.29, 1.82) is 0 Å². The predicted molar refractivity (Wildman–Crippen MR) is 39.2 cm³/mol. The monoisotopic (exact) mass is 178 g/mol. The number of nitrogen functional groups attached to an aromatic ring is 1. The van der Waals surface area contributed by atoms with Gasteiger partial charge in [0.05, 0.1) is 5.02 Å². The second-order valence-corrected chi connectivity index (χ2v) is 2.27. The Balaban J connectivity index is 3.29. The molecule has 0 spiro atoms. The summed E-state index contributed by atoms with van der Waals surface area (Å²) in [7, 11) is 0. The Bertz CT molecular complexity index is 278. The zero-order chi connectivity index (χ0) is 8.43. The lowest BCUT2D eigenvalue weighted by atomic mass is 10.3. The van der Waals surface area contributed by atoms with Crippen LogP contribution in [0.3, 0.4) is 0 Å². The maximum atomic E-state index is 12.7. The molecule has 60 valence electrons. The number of rotatable bonds is 1. The minimum Gasteiger partial charge on any atom is -0.320 e. The van der Waals surface area contributed by atoms with E-state index in [1.165, 1.54) is 6.07 Å². The Morgan fingerprint density at radius 1 is 1.36 bits per heavy atom. The lowest BCUT2D eigenvalue weighted by Crippen LogP contribution is -2.09. The molecule has 0 aliphatic carbocycles. The van der Waals surface area contributed by atoms with Crippen LogP contribution in [0.25, 0.3) is 0 Å². The van der Waals surface area contributed by atoms with Gasteiger partial charge >= 0.3 is 0 Å². The first-order valence-corrected chi connectivity index (χ1v) is 3.14. The first-order valence-electron chi connectivity index (χ1n) is 2.77. The van der Waals surface area contributed by atoms with Crippen LogP contribution < -0.4 is 11.3 Å². The Hall–Kier alpha value is -0.870. The third kappa shape index (κ3) is 1.41. The highest BCUT2D eigenvalue weighted by atomic mass is 35.5. The number of nitrogens with one attached hydrogen (secondary N) is 1. The Morgan fingerprint density at radius 3 is 2.45 bits per heavy atom. The van der Waals surface area contributed by atoms with Crippen LogP contribution in [0.1, 0.15) is 0 Å². The zero-order valence-electron chi connectivity index (χ0n) is 5.37. The van der Waals surface area contributed by atoms with Crippen molar-refractivity contribution in [2.45, 2.75) is 0 Å². The van der Waals surface area contributed by atoms with Gasteiger partial charge < -0.3 is 5.43 Å². The molecule has 0 fully saturated rings. The van der Waals surface area contributed by atoms with Gasteiger partial charge in [0, 0.05) is 0 Å². The van der Waals surface area contributed by atoms with E-state index in [0.29, 0.717) is 0 Å². The average molecular weight is 179 g/mol. The van der Waals surface area contributed by atoms with Gasteiger partial charge in [0.25, 0.3) is 0 Å². The summed E-state index contributed by atoms with van der Waals surface area (Å²) in [6.45, 7) is 0. The Kier molecular flexibility index (Phi) is 2.26. The van der Waals surface area contributed by atoms with E-state index in [1.54, 1.807) is 0 Å². The van der Waals surface area contributed by atoms with Crippen molar-refractivity contribution in [2.24, 2.45) is 5.84 Å². The van der Waals surface area contributed by atoms with E-state index in [0.717, 1.165) is 6.07 Å². The SMILES string of the molecule is NNc1c(Cl)ccc(F)c1F. The van der Waals surface area contributed by atoms with Crippen molar-refractivity contribution < 1.29 is 8.78 Å². The van der Waals surface area contributed by atoms with Gasteiger partial charge in [-0.2, -0.15) is 0 Å². The second kappa shape index (κ2) is 3.02. The van der Waals surface area contributed by atoms with Gasteiger partial charge in [-0.05, 0) is 12.1 Å². The largest absolute Gasteiger partial charge is 0.320 e. The molecule has 0 atom stereocenters. The zero-order valence-corrected chi connectivity index (χ0v) is 6.12. The first-order chi connectivity index (χ1) is 5.16. The highest BCUT2D eigenvalue weighted by molar-refractivity contribution is 6.33. The topological polar surface area (TPSA) is 38.0 Å². The fourth-order valence-corrected chi connectivity index (χ4v) is 0.860. The fraction of sp³-hybridized carbons (Fsp3) is 0. The fourth-order valence-electron chi connectivity index (χ4n) is 0.659. The molecule has 1 rings (SSSR count). The predicted octanol–water partition coefficient (Wildman–Crippen LogP) is 1.90. The maximum absolute atomic E-state index is 12.7. The van der Waals surface area contributed by atoms with Crippen molar-refractivity contribution in [2.75, 3.05) is 5.43 Å². The minimum atomic E-state index is -1.07. The number of hydrogen-bond donors (Lipinski definition) is 2. The molecule has 1 aromatic carbocycles. The molecule has 2 nitrogen and oxygen atoms in total. The van der Waals surface area contributed by atoms with E-state index in [2.05, 4.69) is 0 Å². The van der Waals surface area contributed by atoms with Gasteiger partial charge in [-0.1, -0.05) is 11.6 Å². The van der Waals surface area contributed by atoms with Crippen LogP contribution in [0.4, 0.5) is 14.5 Å². The lowest BCUT2D eigenvalue weighted by Gasteiger charge is -2.03. The van der Waals surface area contributed by atoms with E-state index in [-0.39, 0.29) is 10.7 Å². The van der Waals surface area contributed by atoms with Gasteiger partial charge in [-0.3, -0.25) is 5.84 Å². The number of benzene rings is 1. The average Bonchev–Trinajstić information content (AvgIpc) is 1.99. The molecule has 0 saturated heterocycles. The summed E-state index contributed by atoms with van der Waals surface area (Å²) in [5, 5.41) is 0.0476. The van der Waals surface area contributed by atoms with Gasteiger partial charge in [-0.25, -0.2) is 8.78 Å². The molecule has 0 aromatic heterocycles. The van der Waals surface area contributed by atoms with Crippen molar-refractivity contribution >= 4 is 17.3 Å². The third-order valence-corrected chi connectivity index (χ3v) is 1.50. The van der Waals surface area contributed by atoms with Crippen molar-refractivity contribution in [3.05, 3.63) is 28.8 Å². The van der Waals surface area contributed by atoms with Gasteiger partial charge in [-0.15, -0.1) is 0 Å². The van der Waals surface area contributed by atoms with Crippen LogP contribution in [0.2, 0.25) is 5.02 Å². The Morgan fingerprint density at radius 2 is 2.00 bits per heavy atom. The molecule has 0 radical (unpaired) electrons. The lowest BCUT2D eigenvalue weighted by molar-refractivity contribution is 0.511. The molecule has 0 aliphatic heterocycles. The number of halogens is 3. The normalized spacial score (nSPS) is 9.82. The smallest absolute Gasteiger partial charge is 0.184 e.